The van der Waals surface area contributed by atoms with Crippen LogP contribution in [0.25, 0.3) is 0 Å². The monoisotopic (exact) mass is 231 g/mol. The standard InChI is InChI=1S/C7H15NO.C5H10O2/c1-6(9)7-3-2-4-8-5-7;1-5(2,3)7-4-6/h6-9H,2-5H2,1H3;4H,1-3H3. The van der Waals surface area contributed by atoms with E-state index in [2.05, 4.69) is 10.1 Å². The third-order valence-corrected chi connectivity index (χ3v) is 2.42. The summed E-state index contributed by atoms with van der Waals surface area (Å²) < 4.78 is 4.55. The fourth-order valence-electron chi connectivity index (χ4n) is 1.43. The predicted octanol–water partition coefficient (Wildman–Crippen LogP) is 1.32. The molecule has 4 heteroatoms. The van der Waals surface area contributed by atoms with E-state index in [4.69, 9.17) is 5.11 Å². The van der Waals surface area contributed by atoms with Crippen LogP contribution in [0.3, 0.4) is 0 Å². The largest absolute Gasteiger partial charge is 0.462 e. The molecule has 0 aromatic carbocycles. The number of piperidine rings is 1. The summed E-state index contributed by atoms with van der Waals surface area (Å²) in [5, 5.41) is 12.4. The Labute approximate surface area is 98.4 Å². The Bertz CT molecular complexity index is 181. The second kappa shape index (κ2) is 7.63. The van der Waals surface area contributed by atoms with Crippen LogP contribution >= 0.6 is 0 Å². The Morgan fingerprint density at radius 3 is 2.31 bits per heavy atom. The second-order valence-electron chi connectivity index (χ2n) is 5.17. The predicted molar refractivity (Wildman–Crippen MR) is 64.2 cm³/mol. The zero-order valence-corrected chi connectivity index (χ0v) is 10.8. The van der Waals surface area contributed by atoms with Crippen LogP contribution < -0.4 is 5.32 Å². The minimum atomic E-state index is -0.318. The van der Waals surface area contributed by atoms with Gasteiger partial charge in [-0.3, -0.25) is 4.79 Å². The second-order valence-corrected chi connectivity index (χ2v) is 5.17. The van der Waals surface area contributed by atoms with Crippen molar-refractivity contribution >= 4 is 6.47 Å². The van der Waals surface area contributed by atoms with Gasteiger partial charge in [0.1, 0.15) is 5.60 Å². The smallest absolute Gasteiger partial charge is 0.293 e. The SMILES string of the molecule is CC(C)(C)OC=O.CC(O)C1CCCNC1. The molecule has 0 radical (unpaired) electrons. The highest BCUT2D eigenvalue weighted by atomic mass is 16.5. The van der Waals surface area contributed by atoms with Gasteiger partial charge >= 0.3 is 0 Å². The molecule has 1 rings (SSSR count). The first-order chi connectivity index (χ1) is 7.37. The summed E-state index contributed by atoms with van der Waals surface area (Å²) in [6.07, 6.45) is 2.28. The Morgan fingerprint density at radius 1 is 1.50 bits per heavy atom. The zero-order valence-electron chi connectivity index (χ0n) is 10.8. The minimum Gasteiger partial charge on any atom is -0.462 e. The highest BCUT2D eigenvalue weighted by molar-refractivity contribution is 5.37. The van der Waals surface area contributed by atoms with Crippen molar-refractivity contribution in [2.45, 2.75) is 52.2 Å². The molecule has 0 spiro atoms. The molecule has 0 aromatic heterocycles. The summed E-state index contributed by atoms with van der Waals surface area (Å²) in [7, 11) is 0. The van der Waals surface area contributed by atoms with Crippen LogP contribution in [0.5, 0.6) is 0 Å². The lowest BCUT2D eigenvalue weighted by Crippen LogP contribution is -2.35. The fourth-order valence-corrected chi connectivity index (χ4v) is 1.43. The quantitative estimate of drug-likeness (QED) is 0.704. The number of aliphatic hydroxyl groups is 1. The third kappa shape index (κ3) is 8.68. The first kappa shape index (κ1) is 15.4. The van der Waals surface area contributed by atoms with Gasteiger partial charge in [-0.25, -0.2) is 0 Å². The lowest BCUT2D eigenvalue weighted by Gasteiger charge is -2.24. The lowest BCUT2D eigenvalue weighted by atomic mass is 9.95. The van der Waals surface area contributed by atoms with Crippen molar-refractivity contribution in [3.05, 3.63) is 0 Å². The van der Waals surface area contributed by atoms with Gasteiger partial charge in [0.25, 0.3) is 6.47 Å². The molecule has 2 unspecified atom stereocenters. The molecule has 16 heavy (non-hydrogen) atoms. The van der Waals surface area contributed by atoms with Crippen LogP contribution in [0.1, 0.15) is 40.5 Å². The van der Waals surface area contributed by atoms with Gasteiger partial charge in [0.2, 0.25) is 0 Å². The molecule has 1 fully saturated rings. The Morgan fingerprint density at radius 2 is 2.12 bits per heavy atom. The first-order valence-electron chi connectivity index (χ1n) is 5.87. The van der Waals surface area contributed by atoms with Crippen molar-refractivity contribution in [2.75, 3.05) is 13.1 Å². The molecular weight excluding hydrogens is 206 g/mol. The van der Waals surface area contributed by atoms with Gasteiger partial charge in [0.15, 0.2) is 0 Å². The van der Waals surface area contributed by atoms with E-state index in [-0.39, 0.29) is 11.7 Å². The molecule has 1 aliphatic rings. The number of carbonyl (C=O) groups excluding carboxylic acids is 1. The summed E-state index contributed by atoms with van der Waals surface area (Å²) >= 11 is 0. The maximum absolute atomic E-state index is 9.60. The topological polar surface area (TPSA) is 58.6 Å². The molecule has 1 aliphatic heterocycles. The zero-order chi connectivity index (χ0) is 12.6. The first-order valence-corrected chi connectivity index (χ1v) is 5.87. The fraction of sp³-hybridized carbons (Fsp3) is 0.917. The molecule has 1 saturated heterocycles. The number of carbonyl (C=O) groups is 1. The summed E-state index contributed by atoms with van der Waals surface area (Å²) in [6, 6.07) is 0. The number of nitrogens with one attached hydrogen (secondary N) is 1. The minimum absolute atomic E-state index is 0.127. The van der Waals surface area contributed by atoms with Crippen LogP contribution in [0.15, 0.2) is 0 Å². The van der Waals surface area contributed by atoms with E-state index in [9.17, 15) is 4.79 Å². The normalized spacial score (nSPS) is 22.7. The van der Waals surface area contributed by atoms with Gasteiger partial charge in [-0.2, -0.15) is 0 Å². The van der Waals surface area contributed by atoms with E-state index in [0.29, 0.717) is 12.4 Å². The Hall–Kier alpha value is -0.610. The van der Waals surface area contributed by atoms with E-state index in [1.807, 2.05) is 27.7 Å². The number of hydrogen-bond acceptors (Lipinski definition) is 4. The van der Waals surface area contributed by atoms with E-state index >= 15 is 0 Å². The summed E-state index contributed by atoms with van der Waals surface area (Å²) in [5.74, 6) is 0.499. The number of rotatable bonds is 2. The van der Waals surface area contributed by atoms with Crippen molar-refractivity contribution in [2.24, 2.45) is 5.92 Å². The van der Waals surface area contributed by atoms with Crippen LogP contribution in [-0.4, -0.2) is 36.4 Å². The highest BCUT2D eigenvalue weighted by Gasteiger charge is 2.16. The molecule has 96 valence electrons. The highest BCUT2D eigenvalue weighted by Crippen LogP contribution is 2.13. The molecule has 2 N–H and O–H groups in total. The molecule has 0 aliphatic carbocycles. The van der Waals surface area contributed by atoms with Crippen molar-refractivity contribution in [1.29, 1.82) is 0 Å². The molecular formula is C12H25NO3. The van der Waals surface area contributed by atoms with Gasteiger partial charge in [-0.1, -0.05) is 0 Å². The maximum Gasteiger partial charge on any atom is 0.293 e. The van der Waals surface area contributed by atoms with Crippen LogP contribution in [0.4, 0.5) is 0 Å². The molecule has 0 amide bonds. The van der Waals surface area contributed by atoms with Crippen molar-refractivity contribution < 1.29 is 14.6 Å². The van der Waals surface area contributed by atoms with Crippen LogP contribution in [-0.2, 0) is 9.53 Å². The van der Waals surface area contributed by atoms with E-state index in [1.54, 1.807) is 0 Å². The molecule has 0 aromatic rings. The van der Waals surface area contributed by atoms with Gasteiger partial charge in [0.05, 0.1) is 6.10 Å². The van der Waals surface area contributed by atoms with Crippen LogP contribution in [0, 0.1) is 5.92 Å². The molecule has 0 saturated carbocycles. The summed E-state index contributed by atoms with van der Waals surface area (Å²) in [6.45, 7) is 9.92. The number of aliphatic hydroxyl groups excluding tert-OH is 1. The van der Waals surface area contributed by atoms with Crippen molar-refractivity contribution in [3.8, 4) is 0 Å². The number of hydrogen-bond donors (Lipinski definition) is 2. The van der Waals surface area contributed by atoms with E-state index in [1.165, 1.54) is 12.8 Å². The van der Waals surface area contributed by atoms with Gasteiger partial charge in [0, 0.05) is 6.54 Å². The molecule has 2 atom stereocenters. The lowest BCUT2D eigenvalue weighted by molar-refractivity contribution is -0.138. The van der Waals surface area contributed by atoms with Crippen molar-refractivity contribution in [1.82, 2.24) is 5.32 Å². The van der Waals surface area contributed by atoms with Gasteiger partial charge < -0.3 is 15.2 Å². The van der Waals surface area contributed by atoms with Crippen molar-refractivity contribution in [3.63, 3.8) is 0 Å². The van der Waals surface area contributed by atoms with E-state index < -0.39 is 0 Å². The molecule has 0 bridgehead atoms. The molecule has 1 heterocycles. The molecule has 4 nitrogen and oxygen atoms in total. The summed E-state index contributed by atoms with van der Waals surface area (Å²) in [4.78, 5) is 9.60. The summed E-state index contributed by atoms with van der Waals surface area (Å²) in [5.41, 5.74) is -0.318. The average Bonchev–Trinajstić information content (AvgIpc) is 2.18. The Balaban J connectivity index is 0.000000293. The maximum atomic E-state index is 9.60. The van der Waals surface area contributed by atoms with E-state index in [0.717, 1.165) is 13.1 Å². The van der Waals surface area contributed by atoms with Crippen LogP contribution in [0.2, 0.25) is 0 Å². The Kier molecular flexibility index (Phi) is 7.34. The number of ether oxygens (including phenoxy) is 1. The van der Waals surface area contributed by atoms with Gasteiger partial charge in [-0.05, 0) is 53.0 Å². The third-order valence-electron chi connectivity index (χ3n) is 2.42. The van der Waals surface area contributed by atoms with Gasteiger partial charge in [-0.15, -0.1) is 0 Å². The average molecular weight is 231 g/mol.